The van der Waals surface area contributed by atoms with Gasteiger partial charge in [0.2, 0.25) is 5.91 Å². The van der Waals surface area contributed by atoms with E-state index in [2.05, 4.69) is 51.6 Å². The van der Waals surface area contributed by atoms with Crippen molar-refractivity contribution in [2.45, 2.75) is 32.6 Å². The zero-order valence-electron chi connectivity index (χ0n) is 16.2. The predicted molar refractivity (Wildman–Crippen MR) is 108 cm³/mol. The largest absolute Gasteiger partial charge is 0.369 e. The molecule has 1 aromatic carbocycles. The fourth-order valence-corrected chi connectivity index (χ4v) is 3.95. The van der Waals surface area contributed by atoms with Crippen molar-refractivity contribution in [3.63, 3.8) is 0 Å². The van der Waals surface area contributed by atoms with Gasteiger partial charge < -0.3 is 15.5 Å². The van der Waals surface area contributed by atoms with Crippen LogP contribution < -0.4 is 15.5 Å². The standard InChI is InChI=1S/C21H34N4O/c1-18-6-4-8-20(16-18)25-14-12-24(13-15-25)11-3-2-10-23-21(26)19-7-5-9-22-17-19/h4,6,8,16,19,22H,2-3,5,7,9-15,17H2,1H3,(H,23,26). The van der Waals surface area contributed by atoms with E-state index in [1.807, 2.05) is 0 Å². The fraction of sp³-hybridized carbons (Fsp3) is 0.667. The maximum absolute atomic E-state index is 12.1. The summed E-state index contributed by atoms with van der Waals surface area (Å²) in [4.78, 5) is 17.1. The van der Waals surface area contributed by atoms with E-state index in [9.17, 15) is 4.79 Å². The zero-order valence-corrected chi connectivity index (χ0v) is 16.2. The molecule has 26 heavy (non-hydrogen) atoms. The zero-order chi connectivity index (χ0) is 18.2. The van der Waals surface area contributed by atoms with Gasteiger partial charge in [0.15, 0.2) is 0 Å². The van der Waals surface area contributed by atoms with E-state index in [4.69, 9.17) is 0 Å². The fourth-order valence-electron chi connectivity index (χ4n) is 3.95. The first-order valence-corrected chi connectivity index (χ1v) is 10.2. The lowest BCUT2D eigenvalue weighted by atomic mass is 9.99. The number of anilines is 1. The van der Waals surface area contributed by atoms with Gasteiger partial charge in [-0.15, -0.1) is 0 Å². The molecular formula is C21H34N4O. The van der Waals surface area contributed by atoms with E-state index < -0.39 is 0 Å². The normalized spacial score (nSPS) is 21.6. The van der Waals surface area contributed by atoms with E-state index in [0.717, 1.165) is 78.0 Å². The Morgan fingerprint density at radius 3 is 2.81 bits per heavy atom. The van der Waals surface area contributed by atoms with Crippen molar-refractivity contribution in [3.05, 3.63) is 29.8 Å². The molecule has 0 spiro atoms. The highest BCUT2D eigenvalue weighted by Crippen LogP contribution is 2.18. The molecule has 2 N–H and O–H groups in total. The summed E-state index contributed by atoms with van der Waals surface area (Å²) in [5, 5.41) is 6.43. The summed E-state index contributed by atoms with van der Waals surface area (Å²) in [6, 6.07) is 8.80. The molecule has 1 atom stereocenters. The molecule has 0 aliphatic carbocycles. The number of benzene rings is 1. The molecule has 2 heterocycles. The third kappa shape index (κ3) is 5.71. The van der Waals surface area contributed by atoms with Gasteiger partial charge in [0.05, 0.1) is 5.92 Å². The molecular weight excluding hydrogens is 324 g/mol. The number of nitrogens with zero attached hydrogens (tertiary/aromatic N) is 2. The number of nitrogens with one attached hydrogen (secondary N) is 2. The number of amides is 1. The molecule has 0 saturated carbocycles. The number of piperidine rings is 1. The van der Waals surface area contributed by atoms with Gasteiger partial charge in [0.1, 0.15) is 0 Å². The van der Waals surface area contributed by atoms with Gasteiger partial charge in [-0.05, 0) is 63.4 Å². The predicted octanol–water partition coefficient (Wildman–Crippen LogP) is 2.01. The molecule has 3 rings (SSSR count). The van der Waals surface area contributed by atoms with Crippen LogP contribution in [0.1, 0.15) is 31.2 Å². The van der Waals surface area contributed by atoms with Crippen LogP contribution in [0.2, 0.25) is 0 Å². The summed E-state index contributed by atoms with van der Waals surface area (Å²) in [6.45, 7) is 10.5. The Balaban J connectivity index is 1.26. The lowest BCUT2D eigenvalue weighted by molar-refractivity contribution is -0.125. The van der Waals surface area contributed by atoms with E-state index in [1.54, 1.807) is 0 Å². The number of piperazine rings is 1. The van der Waals surface area contributed by atoms with E-state index in [0.29, 0.717) is 0 Å². The van der Waals surface area contributed by atoms with Crippen LogP contribution in [0.15, 0.2) is 24.3 Å². The number of unbranched alkanes of at least 4 members (excludes halogenated alkanes) is 1. The Morgan fingerprint density at radius 2 is 2.08 bits per heavy atom. The molecule has 2 aliphatic heterocycles. The smallest absolute Gasteiger partial charge is 0.224 e. The molecule has 2 aliphatic rings. The Hall–Kier alpha value is -1.59. The van der Waals surface area contributed by atoms with Crippen molar-refractivity contribution in [2.75, 3.05) is 57.3 Å². The van der Waals surface area contributed by atoms with Gasteiger partial charge in [0, 0.05) is 45.0 Å². The number of hydrogen-bond donors (Lipinski definition) is 2. The van der Waals surface area contributed by atoms with Gasteiger partial charge in [-0.3, -0.25) is 9.69 Å². The van der Waals surface area contributed by atoms with Crippen molar-refractivity contribution in [1.29, 1.82) is 0 Å². The molecule has 5 nitrogen and oxygen atoms in total. The number of hydrogen-bond acceptors (Lipinski definition) is 4. The first-order valence-electron chi connectivity index (χ1n) is 10.2. The van der Waals surface area contributed by atoms with E-state index >= 15 is 0 Å². The Morgan fingerprint density at radius 1 is 1.23 bits per heavy atom. The van der Waals surface area contributed by atoms with Crippen molar-refractivity contribution in [2.24, 2.45) is 5.92 Å². The van der Waals surface area contributed by atoms with Crippen LogP contribution >= 0.6 is 0 Å². The van der Waals surface area contributed by atoms with Crippen LogP contribution in [0, 0.1) is 12.8 Å². The monoisotopic (exact) mass is 358 g/mol. The second-order valence-electron chi connectivity index (χ2n) is 7.71. The second-order valence-corrected chi connectivity index (χ2v) is 7.71. The quantitative estimate of drug-likeness (QED) is 0.732. The van der Waals surface area contributed by atoms with Crippen LogP contribution in [0.3, 0.4) is 0 Å². The molecule has 0 aromatic heterocycles. The van der Waals surface area contributed by atoms with Crippen LogP contribution in [-0.2, 0) is 4.79 Å². The molecule has 144 valence electrons. The maximum atomic E-state index is 12.1. The molecule has 2 saturated heterocycles. The first-order chi connectivity index (χ1) is 12.7. The third-order valence-corrected chi connectivity index (χ3v) is 5.61. The van der Waals surface area contributed by atoms with Crippen LogP contribution in [0.5, 0.6) is 0 Å². The molecule has 5 heteroatoms. The SMILES string of the molecule is Cc1cccc(N2CCN(CCCCNC(=O)C3CCCNC3)CC2)c1. The van der Waals surface area contributed by atoms with Gasteiger partial charge in [-0.25, -0.2) is 0 Å². The Bertz CT molecular complexity index is 563. The average molecular weight is 359 g/mol. The molecule has 1 amide bonds. The van der Waals surface area contributed by atoms with Gasteiger partial charge in [-0.1, -0.05) is 12.1 Å². The summed E-state index contributed by atoms with van der Waals surface area (Å²) in [5.74, 6) is 0.419. The molecule has 1 unspecified atom stereocenters. The average Bonchev–Trinajstić information content (AvgIpc) is 2.69. The lowest BCUT2D eigenvalue weighted by Gasteiger charge is -2.36. The topological polar surface area (TPSA) is 47.6 Å². The lowest BCUT2D eigenvalue weighted by Crippen LogP contribution is -2.46. The molecule has 1 aromatic rings. The molecule has 0 radical (unpaired) electrons. The summed E-state index contributed by atoms with van der Waals surface area (Å²) in [5.41, 5.74) is 2.68. The molecule has 0 bridgehead atoms. The summed E-state index contributed by atoms with van der Waals surface area (Å²) >= 11 is 0. The number of carbonyl (C=O) groups is 1. The van der Waals surface area contributed by atoms with Gasteiger partial charge in [0.25, 0.3) is 0 Å². The first kappa shape index (κ1) is 19.2. The highest BCUT2D eigenvalue weighted by atomic mass is 16.1. The number of aryl methyl sites for hydroxylation is 1. The highest BCUT2D eigenvalue weighted by Gasteiger charge is 2.20. The summed E-state index contributed by atoms with van der Waals surface area (Å²) in [6.07, 6.45) is 4.38. The summed E-state index contributed by atoms with van der Waals surface area (Å²) in [7, 11) is 0. The van der Waals surface area contributed by atoms with Crippen molar-refractivity contribution < 1.29 is 4.79 Å². The number of carbonyl (C=O) groups excluding carboxylic acids is 1. The van der Waals surface area contributed by atoms with Crippen molar-refractivity contribution >= 4 is 11.6 Å². The van der Waals surface area contributed by atoms with Crippen LogP contribution in [0.4, 0.5) is 5.69 Å². The van der Waals surface area contributed by atoms with E-state index in [-0.39, 0.29) is 11.8 Å². The minimum absolute atomic E-state index is 0.179. The minimum atomic E-state index is 0.179. The number of rotatable bonds is 7. The van der Waals surface area contributed by atoms with Crippen LogP contribution in [0.25, 0.3) is 0 Å². The Labute approximate surface area is 158 Å². The van der Waals surface area contributed by atoms with Crippen molar-refractivity contribution in [1.82, 2.24) is 15.5 Å². The van der Waals surface area contributed by atoms with E-state index in [1.165, 1.54) is 11.3 Å². The maximum Gasteiger partial charge on any atom is 0.224 e. The van der Waals surface area contributed by atoms with Gasteiger partial charge in [-0.2, -0.15) is 0 Å². The molecule has 2 fully saturated rings. The van der Waals surface area contributed by atoms with Gasteiger partial charge >= 0.3 is 0 Å². The minimum Gasteiger partial charge on any atom is -0.369 e. The highest BCUT2D eigenvalue weighted by molar-refractivity contribution is 5.78. The second kappa shape index (κ2) is 9.93. The Kier molecular flexibility index (Phi) is 7.32. The van der Waals surface area contributed by atoms with Crippen LogP contribution in [-0.4, -0.2) is 63.2 Å². The summed E-state index contributed by atoms with van der Waals surface area (Å²) < 4.78 is 0. The third-order valence-electron chi connectivity index (χ3n) is 5.61. The van der Waals surface area contributed by atoms with Crippen molar-refractivity contribution in [3.8, 4) is 0 Å².